The number of benzene rings is 1. The summed E-state index contributed by atoms with van der Waals surface area (Å²) in [6.07, 6.45) is 1.37. The van der Waals surface area contributed by atoms with E-state index in [0.29, 0.717) is 6.42 Å². The molecule has 0 spiro atoms. The summed E-state index contributed by atoms with van der Waals surface area (Å²) in [4.78, 5) is 10.9. The summed E-state index contributed by atoms with van der Waals surface area (Å²) in [6.45, 7) is 6.63. The Kier molecular flexibility index (Phi) is 6.29. The zero-order valence-electron chi connectivity index (χ0n) is 11.7. The second-order valence-electron chi connectivity index (χ2n) is 4.66. The second kappa shape index (κ2) is 7.49. The molecule has 0 N–H and O–H groups in total. The van der Waals surface area contributed by atoms with Gasteiger partial charge in [-0.1, -0.05) is 51.1 Å². The SMILES string of the molecule is CC[Si](CC)(CC)O[C@@H](CC=O)c1ccccc1. The van der Waals surface area contributed by atoms with Crippen molar-refractivity contribution >= 4 is 14.6 Å². The van der Waals surface area contributed by atoms with Gasteiger partial charge in [0, 0.05) is 6.42 Å². The van der Waals surface area contributed by atoms with Crippen LogP contribution in [0.3, 0.4) is 0 Å². The Morgan fingerprint density at radius 3 is 2.11 bits per heavy atom. The molecule has 0 aliphatic heterocycles. The second-order valence-corrected chi connectivity index (χ2v) is 9.39. The molecule has 0 aromatic heterocycles. The maximum absolute atomic E-state index is 10.9. The van der Waals surface area contributed by atoms with Crippen molar-refractivity contribution in [2.75, 3.05) is 0 Å². The first-order valence-electron chi connectivity index (χ1n) is 6.87. The van der Waals surface area contributed by atoms with Crippen molar-refractivity contribution in [2.24, 2.45) is 0 Å². The lowest BCUT2D eigenvalue weighted by atomic mass is 10.1. The van der Waals surface area contributed by atoms with E-state index < -0.39 is 8.32 Å². The molecule has 0 fully saturated rings. The number of hydrogen-bond acceptors (Lipinski definition) is 2. The summed E-state index contributed by atoms with van der Waals surface area (Å²) in [6, 6.07) is 13.4. The fraction of sp³-hybridized carbons (Fsp3) is 0.533. The molecule has 1 aromatic rings. The van der Waals surface area contributed by atoms with Gasteiger partial charge in [-0.2, -0.15) is 0 Å². The zero-order valence-corrected chi connectivity index (χ0v) is 12.7. The van der Waals surface area contributed by atoms with Gasteiger partial charge < -0.3 is 9.22 Å². The molecule has 100 valence electrons. The Balaban J connectivity index is 2.89. The summed E-state index contributed by atoms with van der Waals surface area (Å²) in [5.41, 5.74) is 1.12. The standard InChI is InChI=1S/C15H24O2Si/c1-4-18(5-2,6-3)17-15(12-13-16)14-10-8-7-9-11-14/h7-11,13,15H,4-6,12H2,1-3H3/t15-/m0/s1. The maximum Gasteiger partial charge on any atom is 0.192 e. The normalized spacial score (nSPS) is 13.3. The number of aldehydes is 1. The average molecular weight is 264 g/mol. The summed E-state index contributed by atoms with van der Waals surface area (Å²) in [7, 11) is -1.66. The van der Waals surface area contributed by atoms with Crippen LogP contribution in [0.1, 0.15) is 38.9 Å². The molecule has 1 rings (SSSR count). The van der Waals surface area contributed by atoms with E-state index in [-0.39, 0.29) is 6.10 Å². The van der Waals surface area contributed by atoms with E-state index in [9.17, 15) is 4.79 Å². The predicted octanol–water partition coefficient (Wildman–Crippen LogP) is 4.34. The molecular weight excluding hydrogens is 240 g/mol. The van der Waals surface area contributed by atoms with Crippen molar-refractivity contribution in [2.45, 2.75) is 51.4 Å². The lowest BCUT2D eigenvalue weighted by Gasteiger charge is -2.32. The lowest BCUT2D eigenvalue weighted by molar-refractivity contribution is -0.109. The molecule has 0 radical (unpaired) electrons. The van der Waals surface area contributed by atoms with Crippen LogP contribution in [-0.4, -0.2) is 14.6 Å². The molecule has 0 bridgehead atoms. The van der Waals surface area contributed by atoms with E-state index in [0.717, 1.165) is 30.0 Å². The quantitative estimate of drug-likeness (QED) is 0.516. The van der Waals surface area contributed by atoms with Gasteiger partial charge in [0.05, 0.1) is 6.10 Å². The fourth-order valence-electron chi connectivity index (χ4n) is 2.31. The van der Waals surface area contributed by atoms with Gasteiger partial charge in [-0.3, -0.25) is 0 Å². The molecule has 1 aromatic carbocycles. The highest BCUT2D eigenvalue weighted by Crippen LogP contribution is 2.31. The van der Waals surface area contributed by atoms with Crippen molar-refractivity contribution < 1.29 is 9.22 Å². The van der Waals surface area contributed by atoms with Crippen molar-refractivity contribution in [3.63, 3.8) is 0 Å². The average Bonchev–Trinajstić information content (AvgIpc) is 2.45. The maximum atomic E-state index is 10.9. The fourth-order valence-corrected chi connectivity index (χ4v) is 5.14. The molecule has 0 aliphatic rings. The molecule has 0 saturated carbocycles. The van der Waals surface area contributed by atoms with Gasteiger partial charge in [0.2, 0.25) is 0 Å². The summed E-state index contributed by atoms with van der Waals surface area (Å²) >= 11 is 0. The summed E-state index contributed by atoms with van der Waals surface area (Å²) in [5.74, 6) is 0. The van der Waals surface area contributed by atoms with Crippen LogP contribution in [0.15, 0.2) is 30.3 Å². The minimum absolute atomic E-state index is 0.0600. The van der Waals surface area contributed by atoms with Gasteiger partial charge in [-0.15, -0.1) is 0 Å². The molecule has 0 amide bonds. The molecule has 18 heavy (non-hydrogen) atoms. The first kappa shape index (κ1) is 15.1. The van der Waals surface area contributed by atoms with Crippen molar-refractivity contribution in [1.29, 1.82) is 0 Å². The van der Waals surface area contributed by atoms with Crippen LogP contribution in [0.4, 0.5) is 0 Å². The third-order valence-electron chi connectivity index (χ3n) is 3.81. The van der Waals surface area contributed by atoms with Crippen LogP contribution < -0.4 is 0 Å². The van der Waals surface area contributed by atoms with E-state index >= 15 is 0 Å². The summed E-state index contributed by atoms with van der Waals surface area (Å²) < 4.78 is 6.42. The van der Waals surface area contributed by atoms with Crippen molar-refractivity contribution in [3.8, 4) is 0 Å². The van der Waals surface area contributed by atoms with Crippen LogP contribution in [0, 0.1) is 0 Å². The highest BCUT2D eigenvalue weighted by molar-refractivity contribution is 6.73. The Labute approximate surface area is 111 Å². The summed E-state index contributed by atoms with van der Waals surface area (Å²) in [5, 5.41) is 0. The number of rotatable bonds is 8. The molecular formula is C15H24O2Si. The van der Waals surface area contributed by atoms with Crippen LogP contribution in [0.2, 0.25) is 18.1 Å². The molecule has 0 saturated heterocycles. The minimum Gasteiger partial charge on any atom is -0.410 e. The Morgan fingerprint density at radius 2 is 1.67 bits per heavy atom. The smallest absolute Gasteiger partial charge is 0.192 e. The van der Waals surface area contributed by atoms with Crippen molar-refractivity contribution in [1.82, 2.24) is 0 Å². The first-order valence-corrected chi connectivity index (χ1v) is 9.40. The van der Waals surface area contributed by atoms with E-state index in [4.69, 9.17) is 4.43 Å². The molecule has 2 nitrogen and oxygen atoms in total. The van der Waals surface area contributed by atoms with Gasteiger partial charge in [0.15, 0.2) is 8.32 Å². The Morgan fingerprint density at radius 1 is 1.11 bits per heavy atom. The van der Waals surface area contributed by atoms with Gasteiger partial charge >= 0.3 is 0 Å². The topological polar surface area (TPSA) is 26.3 Å². The van der Waals surface area contributed by atoms with Gasteiger partial charge in [-0.05, 0) is 23.7 Å². The van der Waals surface area contributed by atoms with E-state index in [2.05, 4.69) is 20.8 Å². The van der Waals surface area contributed by atoms with Crippen LogP contribution in [-0.2, 0) is 9.22 Å². The number of carbonyl (C=O) groups is 1. The van der Waals surface area contributed by atoms with E-state index in [1.165, 1.54) is 0 Å². The zero-order chi connectivity index (χ0) is 13.4. The van der Waals surface area contributed by atoms with Gasteiger partial charge in [-0.25, -0.2) is 0 Å². The van der Waals surface area contributed by atoms with Gasteiger partial charge in [0.25, 0.3) is 0 Å². The molecule has 3 heteroatoms. The van der Waals surface area contributed by atoms with E-state index in [1.54, 1.807) is 0 Å². The molecule has 0 heterocycles. The minimum atomic E-state index is -1.66. The molecule has 0 aliphatic carbocycles. The first-order chi connectivity index (χ1) is 8.71. The van der Waals surface area contributed by atoms with Crippen LogP contribution >= 0.6 is 0 Å². The highest BCUT2D eigenvalue weighted by Gasteiger charge is 2.32. The van der Waals surface area contributed by atoms with Crippen molar-refractivity contribution in [3.05, 3.63) is 35.9 Å². The Bertz CT molecular complexity index is 339. The van der Waals surface area contributed by atoms with Gasteiger partial charge in [0.1, 0.15) is 6.29 Å². The van der Waals surface area contributed by atoms with Crippen LogP contribution in [0.25, 0.3) is 0 Å². The van der Waals surface area contributed by atoms with E-state index in [1.807, 2.05) is 30.3 Å². The monoisotopic (exact) mass is 264 g/mol. The molecule has 1 atom stereocenters. The third kappa shape index (κ3) is 3.78. The largest absolute Gasteiger partial charge is 0.410 e. The third-order valence-corrected chi connectivity index (χ3v) is 8.46. The highest BCUT2D eigenvalue weighted by atomic mass is 28.4. The predicted molar refractivity (Wildman–Crippen MR) is 78.1 cm³/mol. The number of carbonyl (C=O) groups excluding carboxylic acids is 1. The lowest BCUT2D eigenvalue weighted by Crippen LogP contribution is -2.37. The van der Waals surface area contributed by atoms with Crippen LogP contribution in [0.5, 0.6) is 0 Å². The Hall–Kier alpha value is -0.933. The molecule has 0 unspecified atom stereocenters. The number of hydrogen-bond donors (Lipinski definition) is 0.